The molecule has 6 nitrogen and oxygen atoms in total. The number of nitrogens with two attached hydrogens (primary N) is 1. The maximum atomic E-state index is 12.6. The van der Waals surface area contributed by atoms with Crippen LogP contribution >= 0.6 is 11.3 Å². The quantitative estimate of drug-likeness (QED) is 0.850. The minimum Gasteiger partial charge on any atom is -0.396 e. The summed E-state index contributed by atoms with van der Waals surface area (Å²) < 4.78 is 0. The van der Waals surface area contributed by atoms with Crippen molar-refractivity contribution in [2.75, 3.05) is 39.0 Å². The molecule has 0 aliphatic carbocycles. The molecule has 0 unspecified atom stereocenters. The Morgan fingerprint density at radius 2 is 2.05 bits per heavy atom. The number of hydrogen-bond acceptors (Lipinski definition) is 6. The molecule has 3 rings (SSSR count). The zero-order valence-corrected chi connectivity index (χ0v) is 12.2. The molecular weight excluding hydrogens is 274 g/mol. The molecular formula is C13H17N5OS. The molecule has 106 valence electrons. The molecule has 0 aromatic carbocycles. The SMILES string of the molecule is CN1CCCN(C(=O)c2sc3nccnc3c2N)CC1. The normalized spacial score (nSPS) is 17.4. The summed E-state index contributed by atoms with van der Waals surface area (Å²) in [5.41, 5.74) is 7.15. The van der Waals surface area contributed by atoms with Gasteiger partial charge in [-0.25, -0.2) is 9.97 Å². The topological polar surface area (TPSA) is 75.3 Å². The minimum absolute atomic E-state index is 0.00241. The molecule has 2 N–H and O–H groups in total. The maximum Gasteiger partial charge on any atom is 0.266 e. The van der Waals surface area contributed by atoms with Gasteiger partial charge in [-0.3, -0.25) is 4.79 Å². The second kappa shape index (κ2) is 5.34. The molecule has 0 atom stereocenters. The largest absolute Gasteiger partial charge is 0.396 e. The van der Waals surface area contributed by atoms with Crippen molar-refractivity contribution in [2.45, 2.75) is 6.42 Å². The number of nitrogens with zero attached hydrogens (tertiary/aromatic N) is 4. The van der Waals surface area contributed by atoms with E-state index in [0.29, 0.717) is 16.1 Å². The highest BCUT2D eigenvalue weighted by Gasteiger charge is 2.24. The summed E-state index contributed by atoms with van der Waals surface area (Å²) >= 11 is 1.33. The number of aromatic nitrogens is 2. The van der Waals surface area contributed by atoms with Gasteiger partial charge in [0.2, 0.25) is 0 Å². The third kappa shape index (κ3) is 2.34. The van der Waals surface area contributed by atoms with Crippen LogP contribution in [0.4, 0.5) is 5.69 Å². The Morgan fingerprint density at radius 3 is 2.85 bits per heavy atom. The number of likely N-dealkylation sites (N-methyl/N-ethyl adjacent to an activating group) is 1. The molecule has 0 radical (unpaired) electrons. The minimum atomic E-state index is 0.00241. The Bertz CT molecular complexity index is 641. The van der Waals surface area contributed by atoms with E-state index in [1.807, 2.05) is 4.90 Å². The standard InChI is InChI=1S/C13H17N5OS/c1-17-5-2-6-18(8-7-17)13(19)11-9(14)10-12(20-11)16-4-3-15-10/h3-4H,2,5-8,14H2,1H3. The second-order valence-electron chi connectivity index (χ2n) is 5.00. The van der Waals surface area contributed by atoms with E-state index in [1.165, 1.54) is 11.3 Å². The summed E-state index contributed by atoms with van der Waals surface area (Å²) in [5.74, 6) is 0.00241. The summed E-state index contributed by atoms with van der Waals surface area (Å²) in [6, 6.07) is 0. The van der Waals surface area contributed by atoms with Gasteiger partial charge in [0.05, 0.1) is 5.69 Å². The lowest BCUT2D eigenvalue weighted by molar-refractivity contribution is 0.0768. The molecule has 1 aliphatic heterocycles. The third-order valence-electron chi connectivity index (χ3n) is 3.56. The first-order chi connectivity index (χ1) is 9.66. The van der Waals surface area contributed by atoms with Gasteiger partial charge in [-0.1, -0.05) is 0 Å². The van der Waals surface area contributed by atoms with E-state index >= 15 is 0 Å². The average Bonchev–Trinajstić information content (AvgIpc) is 2.64. The monoisotopic (exact) mass is 291 g/mol. The molecule has 1 amide bonds. The van der Waals surface area contributed by atoms with Crippen molar-refractivity contribution in [2.24, 2.45) is 0 Å². The van der Waals surface area contributed by atoms with Crippen LogP contribution in [0.15, 0.2) is 12.4 Å². The molecule has 0 spiro atoms. The van der Waals surface area contributed by atoms with Crippen LogP contribution in [0.5, 0.6) is 0 Å². The van der Waals surface area contributed by atoms with Crippen molar-refractivity contribution in [3.05, 3.63) is 17.3 Å². The van der Waals surface area contributed by atoms with Crippen molar-refractivity contribution in [1.82, 2.24) is 19.8 Å². The van der Waals surface area contributed by atoms with Crippen molar-refractivity contribution in [3.8, 4) is 0 Å². The van der Waals surface area contributed by atoms with E-state index in [-0.39, 0.29) is 5.91 Å². The van der Waals surface area contributed by atoms with Crippen LogP contribution in [0.25, 0.3) is 10.3 Å². The van der Waals surface area contributed by atoms with Gasteiger partial charge in [-0.15, -0.1) is 11.3 Å². The zero-order valence-electron chi connectivity index (χ0n) is 11.4. The number of carbonyl (C=O) groups excluding carboxylic acids is 1. The number of rotatable bonds is 1. The lowest BCUT2D eigenvalue weighted by Gasteiger charge is -2.19. The van der Waals surface area contributed by atoms with E-state index in [0.717, 1.165) is 37.4 Å². The van der Waals surface area contributed by atoms with E-state index in [2.05, 4.69) is 21.9 Å². The third-order valence-corrected chi connectivity index (χ3v) is 4.65. The van der Waals surface area contributed by atoms with Crippen LogP contribution in [0.2, 0.25) is 0 Å². The van der Waals surface area contributed by atoms with Gasteiger partial charge in [0.25, 0.3) is 5.91 Å². The highest BCUT2D eigenvalue weighted by Crippen LogP contribution is 2.31. The fourth-order valence-corrected chi connectivity index (χ4v) is 3.39. The van der Waals surface area contributed by atoms with Crippen LogP contribution in [-0.4, -0.2) is 58.9 Å². The van der Waals surface area contributed by atoms with Crippen molar-refractivity contribution in [3.63, 3.8) is 0 Å². The van der Waals surface area contributed by atoms with Crippen molar-refractivity contribution < 1.29 is 4.79 Å². The molecule has 2 aromatic heterocycles. The summed E-state index contributed by atoms with van der Waals surface area (Å²) in [4.78, 5) is 26.5. The Hall–Kier alpha value is -1.73. The highest BCUT2D eigenvalue weighted by molar-refractivity contribution is 7.21. The average molecular weight is 291 g/mol. The predicted octanol–water partition coefficient (Wildman–Crippen LogP) is 1.05. The first-order valence-electron chi connectivity index (χ1n) is 6.63. The summed E-state index contributed by atoms with van der Waals surface area (Å²) in [5, 5.41) is 0. The number of thiophene rings is 1. The first-order valence-corrected chi connectivity index (χ1v) is 7.45. The molecule has 3 heterocycles. The Morgan fingerprint density at radius 1 is 1.25 bits per heavy atom. The molecule has 2 aromatic rings. The number of amides is 1. The van der Waals surface area contributed by atoms with E-state index in [4.69, 9.17) is 5.73 Å². The van der Waals surface area contributed by atoms with Gasteiger partial charge in [0.15, 0.2) is 0 Å². The van der Waals surface area contributed by atoms with Gasteiger partial charge >= 0.3 is 0 Å². The summed E-state index contributed by atoms with van der Waals surface area (Å²) in [6.07, 6.45) is 4.21. The Labute approximate surface area is 121 Å². The van der Waals surface area contributed by atoms with Gasteiger partial charge in [0.1, 0.15) is 15.2 Å². The number of anilines is 1. The molecule has 20 heavy (non-hydrogen) atoms. The zero-order chi connectivity index (χ0) is 14.1. The molecule has 1 saturated heterocycles. The van der Waals surface area contributed by atoms with Crippen molar-refractivity contribution in [1.29, 1.82) is 0 Å². The molecule has 1 fully saturated rings. The van der Waals surface area contributed by atoms with E-state index < -0.39 is 0 Å². The molecule has 0 bridgehead atoms. The second-order valence-corrected chi connectivity index (χ2v) is 6.00. The highest BCUT2D eigenvalue weighted by atomic mass is 32.1. The van der Waals surface area contributed by atoms with Crippen LogP contribution < -0.4 is 5.73 Å². The maximum absolute atomic E-state index is 12.6. The van der Waals surface area contributed by atoms with Crippen LogP contribution in [0.1, 0.15) is 16.1 Å². The molecule has 7 heteroatoms. The summed E-state index contributed by atoms with van der Waals surface area (Å²) in [7, 11) is 2.08. The van der Waals surface area contributed by atoms with Gasteiger partial charge in [0, 0.05) is 32.0 Å². The Kier molecular flexibility index (Phi) is 3.54. The molecule has 0 saturated carbocycles. The Balaban J connectivity index is 1.90. The van der Waals surface area contributed by atoms with Crippen LogP contribution in [0.3, 0.4) is 0 Å². The number of hydrogen-bond donors (Lipinski definition) is 1. The lowest BCUT2D eigenvalue weighted by Crippen LogP contribution is -2.34. The lowest BCUT2D eigenvalue weighted by atomic mass is 10.3. The van der Waals surface area contributed by atoms with E-state index in [9.17, 15) is 4.79 Å². The van der Waals surface area contributed by atoms with Crippen LogP contribution in [0, 0.1) is 0 Å². The summed E-state index contributed by atoms with van der Waals surface area (Å²) in [6.45, 7) is 3.43. The van der Waals surface area contributed by atoms with Crippen molar-refractivity contribution >= 4 is 33.3 Å². The van der Waals surface area contributed by atoms with Gasteiger partial charge < -0.3 is 15.5 Å². The number of nitrogen functional groups attached to an aromatic ring is 1. The van der Waals surface area contributed by atoms with E-state index in [1.54, 1.807) is 12.4 Å². The van der Waals surface area contributed by atoms with Gasteiger partial charge in [-0.05, 0) is 20.0 Å². The number of fused-ring (bicyclic) bond motifs is 1. The fourth-order valence-electron chi connectivity index (χ4n) is 2.40. The van der Waals surface area contributed by atoms with Gasteiger partial charge in [-0.2, -0.15) is 0 Å². The van der Waals surface area contributed by atoms with Crippen LogP contribution in [-0.2, 0) is 0 Å². The smallest absolute Gasteiger partial charge is 0.266 e. The predicted molar refractivity (Wildman–Crippen MR) is 79.8 cm³/mol. The number of carbonyl (C=O) groups is 1. The fraction of sp³-hybridized carbons (Fsp3) is 0.462. The molecule has 1 aliphatic rings. The first kappa shape index (κ1) is 13.3.